The van der Waals surface area contributed by atoms with Crippen molar-refractivity contribution in [2.45, 2.75) is 45.1 Å². The van der Waals surface area contributed by atoms with E-state index < -0.39 is 10.0 Å². The second kappa shape index (κ2) is 7.05. The Labute approximate surface area is 152 Å². The van der Waals surface area contributed by atoms with Crippen LogP contribution in [0.4, 0.5) is 0 Å². The summed E-state index contributed by atoms with van der Waals surface area (Å²) in [6, 6.07) is 9.04. The largest absolute Gasteiger partial charge is 0.361 e. The first kappa shape index (κ1) is 18.3. The molecule has 2 N–H and O–H groups in total. The van der Waals surface area contributed by atoms with Crippen LogP contribution in [-0.2, 0) is 16.4 Å². The average molecular weight is 374 g/mol. The molecule has 26 heavy (non-hydrogen) atoms. The van der Waals surface area contributed by atoms with Crippen LogP contribution in [0.1, 0.15) is 42.7 Å². The molecule has 2 aromatic heterocycles. The fraction of sp³-hybridized carbons (Fsp3) is 0.333. The Morgan fingerprint density at radius 2 is 1.88 bits per heavy atom. The summed E-state index contributed by atoms with van der Waals surface area (Å²) >= 11 is 0. The first-order chi connectivity index (χ1) is 12.3. The van der Waals surface area contributed by atoms with Gasteiger partial charge in [-0.05, 0) is 26.3 Å². The highest BCUT2D eigenvalue weighted by atomic mass is 32.2. The van der Waals surface area contributed by atoms with Crippen molar-refractivity contribution in [2.75, 3.05) is 0 Å². The summed E-state index contributed by atoms with van der Waals surface area (Å²) in [6.45, 7) is 7.22. The third-order valence-electron chi connectivity index (χ3n) is 4.22. The summed E-state index contributed by atoms with van der Waals surface area (Å²) in [5, 5.41) is 3.88. The Kier molecular flexibility index (Phi) is 4.97. The van der Waals surface area contributed by atoms with Gasteiger partial charge in [-0.2, -0.15) is 4.98 Å². The minimum absolute atomic E-state index is 0.143. The van der Waals surface area contributed by atoms with Gasteiger partial charge in [0, 0.05) is 23.9 Å². The normalized spacial score (nSPS) is 13.1. The van der Waals surface area contributed by atoms with E-state index in [1.54, 1.807) is 13.8 Å². The molecule has 0 aliphatic rings. The zero-order valence-corrected chi connectivity index (χ0v) is 16.0. The number of sulfonamides is 1. The first-order valence-electron chi connectivity index (χ1n) is 8.43. The monoisotopic (exact) mass is 374 g/mol. The number of rotatable bonds is 6. The van der Waals surface area contributed by atoms with Gasteiger partial charge in [0.25, 0.3) is 5.89 Å². The lowest BCUT2D eigenvalue weighted by atomic mass is 10.1. The molecule has 0 fully saturated rings. The summed E-state index contributed by atoms with van der Waals surface area (Å²) in [7, 11) is -3.80. The molecule has 8 heteroatoms. The Morgan fingerprint density at radius 3 is 2.50 bits per heavy atom. The number of aromatic nitrogens is 3. The first-order valence-corrected chi connectivity index (χ1v) is 9.91. The molecule has 2 heterocycles. The Balaban J connectivity index is 2.02. The smallest absolute Gasteiger partial charge is 0.261 e. The standard InChI is InChI=1S/C18H22N4O3S/c1-5-15-20-18(25-21-15)16-12(3)19-13(4)17(16)26(23,24)22-11(2)14-9-7-6-8-10-14/h6-11,19,22H,5H2,1-4H3/t11-/m0/s1. The van der Waals surface area contributed by atoms with Crippen molar-refractivity contribution in [3.8, 4) is 11.5 Å². The van der Waals surface area contributed by atoms with Gasteiger partial charge in [-0.1, -0.05) is 42.4 Å². The molecule has 3 aromatic rings. The molecule has 0 saturated carbocycles. The molecule has 0 unspecified atom stereocenters. The third-order valence-corrected chi connectivity index (χ3v) is 5.93. The number of aromatic amines is 1. The molecule has 1 atom stereocenters. The Bertz CT molecular complexity index is 1010. The summed E-state index contributed by atoms with van der Waals surface area (Å²) in [5.41, 5.74) is 2.50. The van der Waals surface area contributed by atoms with E-state index in [2.05, 4.69) is 19.8 Å². The number of H-pyrrole nitrogens is 1. The van der Waals surface area contributed by atoms with Gasteiger partial charge in [-0.3, -0.25) is 0 Å². The van der Waals surface area contributed by atoms with E-state index in [9.17, 15) is 8.42 Å². The second-order valence-electron chi connectivity index (χ2n) is 6.20. The fourth-order valence-corrected chi connectivity index (χ4v) is 4.63. The van der Waals surface area contributed by atoms with Crippen molar-refractivity contribution in [2.24, 2.45) is 0 Å². The lowest BCUT2D eigenvalue weighted by Gasteiger charge is -2.15. The van der Waals surface area contributed by atoms with Gasteiger partial charge in [-0.15, -0.1) is 0 Å². The van der Waals surface area contributed by atoms with E-state index in [1.807, 2.05) is 44.2 Å². The molecule has 0 saturated heterocycles. The second-order valence-corrected chi connectivity index (χ2v) is 7.85. The Hall–Kier alpha value is -2.45. The molecule has 0 spiro atoms. The predicted molar refractivity (Wildman–Crippen MR) is 98.1 cm³/mol. The quantitative estimate of drug-likeness (QED) is 0.689. The van der Waals surface area contributed by atoms with Gasteiger partial charge in [0.05, 0.1) is 5.56 Å². The summed E-state index contributed by atoms with van der Waals surface area (Å²) in [5.74, 6) is 0.739. The van der Waals surface area contributed by atoms with Crippen LogP contribution >= 0.6 is 0 Å². The fourth-order valence-electron chi connectivity index (χ4n) is 2.95. The van der Waals surface area contributed by atoms with E-state index in [1.165, 1.54) is 0 Å². The zero-order chi connectivity index (χ0) is 18.9. The molecule has 0 aliphatic carbocycles. The van der Waals surface area contributed by atoms with Crippen LogP contribution in [0.15, 0.2) is 39.8 Å². The molecular formula is C18H22N4O3S. The number of nitrogens with zero attached hydrogens (tertiary/aromatic N) is 2. The maximum absolute atomic E-state index is 13.1. The molecule has 0 aliphatic heterocycles. The van der Waals surface area contributed by atoms with Gasteiger partial charge < -0.3 is 9.51 Å². The van der Waals surface area contributed by atoms with Crippen LogP contribution in [0.25, 0.3) is 11.5 Å². The topological polar surface area (TPSA) is 101 Å². The SMILES string of the molecule is CCc1noc(-c2c(C)[nH]c(C)c2S(=O)(=O)N[C@@H](C)c2ccccc2)n1. The maximum Gasteiger partial charge on any atom is 0.261 e. The lowest BCUT2D eigenvalue weighted by Crippen LogP contribution is -2.27. The number of hydrogen-bond acceptors (Lipinski definition) is 5. The number of aryl methyl sites for hydroxylation is 3. The summed E-state index contributed by atoms with van der Waals surface area (Å²) in [6.07, 6.45) is 0.608. The van der Waals surface area contributed by atoms with Crippen molar-refractivity contribution < 1.29 is 12.9 Å². The van der Waals surface area contributed by atoms with Crippen LogP contribution < -0.4 is 4.72 Å². The highest BCUT2D eigenvalue weighted by Crippen LogP contribution is 2.33. The molecule has 0 bridgehead atoms. The van der Waals surface area contributed by atoms with Crippen molar-refractivity contribution in [1.29, 1.82) is 0 Å². The van der Waals surface area contributed by atoms with Gasteiger partial charge in [0.15, 0.2) is 5.82 Å². The van der Waals surface area contributed by atoms with Crippen molar-refractivity contribution >= 4 is 10.0 Å². The molecule has 1 aromatic carbocycles. The lowest BCUT2D eigenvalue weighted by molar-refractivity contribution is 0.422. The van der Waals surface area contributed by atoms with Gasteiger partial charge >= 0.3 is 0 Å². The molecule has 7 nitrogen and oxygen atoms in total. The van der Waals surface area contributed by atoms with Crippen LogP contribution in [0.5, 0.6) is 0 Å². The summed E-state index contributed by atoms with van der Waals surface area (Å²) < 4.78 is 34.2. The number of nitrogens with one attached hydrogen (secondary N) is 2. The van der Waals surface area contributed by atoms with Crippen LogP contribution in [0.2, 0.25) is 0 Å². The molecule has 138 valence electrons. The van der Waals surface area contributed by atoms with Crippen LogP contribution in [0.3, 0.4) is 0 Å². The maximum atomic E-state index is 13.1. The van der Waals surface area contributed by atoms with Crippen molar-refractivity contribution in [3.05, 3.63) is 53.1 Å². The van der Waals surface area contributed by atoms with E-state index in [0.29, 0.717) is 29.2 Å². The number of benzene rings is 1. The molecule has 0 amide bonds. The highest BCUT2D eigenvalue weighted by Gasteiger charge is 2.30. The predicted octanol–water partition coefficient (Wildman–Crippen LogP) is 3.28. The molecular weight excluding hydrogens is 352 g/mol. The van der Waals surface area contributed by atoms with E-state index in [0.717, 1.165) is 5.56 Å². The van der Waals surface area contributed by atoms with Gasteiger partial charge in [0.1, 0.15) is 4.90 Å². The summed E-state index contributed by atoms with van der Waals surface area (Å²) in [4.78, 5) is 7.51. The van der Waals surface area contributed by atoms with Crippen LogP contribution in [-0.4, -0.2) is 23.5 Å². The van der Waals surface area contributed by atoms with Gasteiger partial charge in [-0.25, -0.2) is 13.1 Å². The van der Waals surface area contributed by atoms with E-state index in [-0.39, 0.29) is 16.8 Å². The number of hydrogen-bond donors (Lipinski definition) is 2. The Morgan fingerprint density at radius 1 is 1.19 bits per heavy atom. The highest BCUT2D eigenvalue weighted by molar-refractivity contribution is 7.89. The minimum Gasteiger partial charge on any atom is -0.361 e. The molecule has 0 radical (unpaired) electrons. The van der Waals surface area contributed by atoms with Crippen molar-refractivity contribution in [1.82, 2.24) is 19.8 Å². The third kappa shape index (κ3) is 3.42. The average Bonchev–Trinajstić information content (AvgIpc) is 3.19. The van der Waals surface area contributed by atoms with Gasteiger partial charge in [0.2, 0.25) is 10.0 Å². The zero-order valence-electron chi connectivity index (χ0n) is 15.2. The van der Waals surface area contributed by atoms with E-state index >= 15 is 0 Å². The molecule has 3 rings (SSSR count). The van der Waals surface area contributed by atoms with E-state index in [4.69, 9.17) is 4.52 Å². The van der Waals surface area contributed by atoms with Crippen LogP contribution in [0, 0.1) is 13.8 Å². The van der Waals surface area contributed by atoms with Crippen molar-refractivity contribution in [3.63, 3.8) is 0 Å². The minimum atomic E-state index is -3.80.